The molecule has 4 rings (SSSR count). The van der Waals surface area contributed by atoms with Crippen molar-refractivity contribution in [2.24, 2.45) is 0 Å². The van der Waals surface area contributed by atoms with Crippen molar-refractivity contribution in [3.8, 4) is 11.3 Å². The number of rotatable bonds is 5. The van der Waals surface area contributed by atoms with Crippen LogP contribution in [0.25, 0.3) is 22.2 Å². The summed E-state index contributed by atoms with van der Waals surface area (Å²) in [7, 11) is 0. The van der Waals surface area contributed by atoms with Crippen LogP contribution in [-0.4, -0.2) is 26.6 Å². The summed E-state index contributed by atoms with van der Waals surface area (Å²) in [5, 5.41) is 6.14. The molecule has 140 valence electrons. The van der Waals surface area contributed by atoms with Crippen LogP contribution in [0.2, 0.25) is 0 Å². The molecule has 0 aliphatic heterocycles. The lowest BCUT2D eigenvalue weighted by molar-refractivity contribution is -0.113. The van der Waals surface area contributed by atoms with Crippen molar-refractivity contribution in [3.63, 3.8) is 0 Å². The van der Waals surface area contributed by atoms with Crippen molar-refractivity contribution in [1.82, 2.24) is 15.0 Å². The topological polar surface area (TPSA) is 67.8 Å². The minimum Gasteiger partial charge on any atom is -0.301 e. The van der Waals surface area contributed by atoms with Gasteiger partial charge in [-0.2, -0.15) is 0 Å². The summed E-state index contributed by atoms with van der Waals surface area (Å²) in [6, 6.07) is 10.7. The van der Waals surface area contributed by atoms with E-state index in [1.54, 1.807) is 5.38 Å². The van der Waals surface area contributed by atoms with Crippen LogP contribution in [0.5, 0.6) is 0 Å². The Morgan fingerprint density at radius 2 is 2.00 bits per heavy atom. The first kappa shape index (κ1) is 18.5. The van der Waals surface area contributed by atoms with Crippen molar-refractivity contribution in [3.05, 3.63) is 65.8 Å². The van der Waals surface area contributed by atoms with E-state index >= 15 is 0 Å². The Morgan fingerprint density at radius 3 is 2.89 bits per heavy atom. The smallest absolute Gasteiger partial charge is 0.236 e. The van der Waals surface area contributed by atoms with E-state index in [1.807, 2.05) is 24.3 Å². The third-order valence-corrected chi connectivity index (χ3v) is 5.56. The van der Waals surface area contributed by atoms with E-state index in [4.69, 9.17) is 0 Å². The van der Waals surface area contributed by atoms with Crippen LogP contribution in [0.1, 0.15) is 0 Å². The third kappa shape index (κ3) is 4.00. The molecule has 0 aliphatic carbocycles. The lowest BCUT2D eigenvalue weighted by atomic mass is 10.1. The van der Waals surface area contributed by atoms with Crippen molar-refractivity contribution in [1.29, 1.82) is 0 Å². The number of nitrogens with zero attached hydrogens (tertiary/aromatic N) is 3. The number of thiazole rings is 1. The summed E-state index contributed by atoms with van der Waals surface area (Å²) in [6.07, 6.45) is 1.46. The quantitative estimate of drug-likeness (QED) is 0.377. The SMILES string of the molecule is O=C(CSc1ncnc2ccccc12)Nc1nc(-c2cc(F)ccc2F)cs1. The molecule has 28 heavy (non-hydrogen) atoms. The van der Waals surface area contributed by atoms with E-state index in [9.17, 15) is 13.6 Å². The third-order valence-electron chi connectivity index (χ3n) is 3.80. The van der Waals surface area contributed by atoms with E-state index in [1.165, 1.54) is 18.1 Å². The van der Waals surface area contributed by atoms with E-state index < -0.39 is 11.6 Å². The van der Waals surface area contributed by atoms with Gasteiger partial charge < -0.3 is 5.32 Å². The Bertz CT molecular complexity index is 1160. The zero-order chi connectivity index (χ0) is 19.5. The summed E-state index contributed by atoms with van der Waals surface area (Å²) >= 11 is 2.43. The minimum atomic E-state index is -0.573. The second kappa shape index (κ2) is 7.99. The zero-order valence-electron chi connectivity index (χ0n) is 14.2. The first-order valence-corrected chi connectivity index (χ1v) is 10.00. The van der Waals surface area contributed by atoms with Crippen molar-refractivity contribution < 1.29 is 13.6 Å². The summed E-state index contributed by atoms with van der Waals surface area (Å²) in [5.41, 5.74) is 1.13. The highest BCUT2D eigenvalue weighted by Crippen LogP contribution is 2.28. The molecule has 4 aromatic rings. The first-order valence-electron chi connectivity index (χ1n) is 8.13. The summed E-state index contributed by atoms with van der Waals surface area (Å²) in [6.45, 7) is 0. The number of fused-ring (bicyclic) bond motifs is 1. The number of hydrogen-bond acceptors (Lipinski definition) is 6. The Morgan fingerprint density at radius 1 is 1.14 bits per heavy atom. The number of carbonyl (C=O) groups is 1. The fraction of sp³-hybridized carbons (Fsp3) is 0.0526. The number of carbonyl (C=O) groups excluding carboxylic acids is 1. The van der Waals surface area contributed by atoms with Gasteiger partial charge in [-0.25, -0.2) is 23.7 Å². The van der Waals surface area contributed by atoms with Crippen molar-refractivity contribution >= 4 is 45.0 Å². The molecule has 0 saturated carbocycles. The molecule has 0 fully saturated rings. The molecule has 5 nitrogen and oxygen atoms in total. The van der Waals surface area contributed by atoms with E-state index in [0.717, 1.165) is 40.4 Å². The molecular weight excluding hydrogens is 402 g/mol. The molecule has 1 N–H and O–H groups in total. The number of nitrogens with one attached hydrogen (secondary N) is 1. The highest BCUT2D eigenvalue weighted by atomic mass is 32.2. The van der Waals surface area contributed by atoms with Crippen LogP contribution in [-0.2, 0) is 4.79 Å². The molecule has 0 saturated heterocycles. The molecule has 0 bridgehead atoms. The lowest BCUT2D eigenvalue weighted by Crippen LogP contribution is -2.14. The van der Waals surface area contributed by atoms with E-state index in [2.05, 4.69) is 20.3 Å². The standard InChI is InChI=1S/C19H12F2N4OS2/c20-11-5-6-14(21)13(7-11)16-8-28-19(24-16)25-17(26)9-27-18-12-3-1-2-4-15(12)22-10-23-18/h1-8,10H,9H2,(H,24,25,26). The second-order valence-electron chi connectivity index (χ2n) is 5.69. The number of hydrogen-bond donors (Lipinski definition) is 1. The minimum absolute atomic E-state index is 0.0542. The molecule has 2 aromatic carbocycles. The number of thioether (sulfide) groups is 1. The predicted molar refractivity (Wildman–Crippen MR) is 106 cm³/mol. The van der Waals surface area contributed by atoms with Gasteiger partial charge in [-0.1, -0.05) is 30.0 Å². The molecular formula is C19H12F2N4OS2. The average Bonchev–Trinajstić information content (AvgIpc) is 3.16. The van der Waals surface area contributed by atoms with Gasteiger partial charge in [0.1, 0.15) is 23.0 Å². The lowest BCUT2D eigenvalue weighted by Gasteiger charge is -2.04. The molecule has 2 aromatic heterocycles. The van der Waals surface area contributed by atoms with E-state index in [-0.39, 0.29) is 22.9 Å². The van der Waals surface area contributed by atoms with Gasteiger partial charge in [-0.15, -0.1) is 11.3 Å². The Labute approximate surface area is 166 Å². The van der Waals surface area contributed by atoms with Crippen LogP contribution < -0.4 is 5.32 Å². The predicted octanol–water partition coefficient (Wildman–Crippen LogP) is 4.76. The molecule has 0 aliphatic rings. The molecule has 0 unspecified atom stereocenters. The molecule has 0 radical (unpaired) electrons. The van der Waals surface area contributed by atoms with Crippen LogP contribution in [0, 0.1) is 11.6 Å². The number of benzene rings is 2. The normalized spacial score (nSPS) is 10.9. The highest BCUT2D eigenvalue weighted by Gasteiger charge is 2.13. The van der Waals surface area contributed by atoms with Gasteiger partial charge in [-0.05, 0) is 24.3 Å². The van der Waals surface area contributed by atoms with Crippen LogP contribution >= 0.6 is 23.1 Å². The molecule has 0 spiro atoms. The molecule has 9 heteroatoms. The second-order valence-corrected chi connectivity index (χ2v) is 7.52. The summed E-state index contributed by atoms with van der Waals surface area (Å²) < 4.78 is 27.2. The number of amides is 1. The van der Waals surface area contributed by atoms with Gasteiger partial charge in [0.2, 0.25) is 5.91 Å². The van der Waals surface area contributed by atoms with Crippen LogP contribution in [0.15, 0.2) is 59.2 Å². The number of para-hydroxylation sites is 1. The largest absolute Gasteiger partial charge is 0.301 e. The maximum absolute atomic E-state index is 13.9. The summed E-state index contributed by atoms with van der Waals surface area (Å²) in [4.78, 5) is 24.8. The summed E-state index contributed by atoms with van der Waals surface area (Å²) in [5.74, 6) is -1.27. The van der Waals surface area contributed by atoms with Gasteiger partial charge in [0, 0.05) is 16.3 Å². The Balaban J connectivity index is 1.43. The number of halogens is 2. The number of aromatic nitrogens is 3. The maximum Gasteiger partial charge on any atom is 0.236 e. The molecule has 1 amide bonds. The fourth-order valence-corrected chi connectivity index (χ4v) is 4.05. The van der Waals surface area contributed by atoms with Crippen molar-refractivity contribution in [2.45, 2.75) is 5.03 Å². The van der Waals surface area contributed by atoms with Gasteiger partial charge in [-0.3, -0.25) is 4.79 Å². The Hall–Kier alpha value is -2.91. The van der Waals surface area contributed by atoms with Gasteiger partial charge in [0.25, 0.3) is 0 Å². The van der Waals surface area contributed by atoms with Gasteiger partial charge in [0.05, 0.1) is 17.0 Å². The highest BCUT2D eigenvalue weighted by molar-refractivity contribution is 8.00. The number of anilines is 1. The van der Waals surface area contributed by atoms with Crippen LogP contribution in [0.3, 0.4) is 0 Å². The monoisotopic (exact) mass is 414 g/mol. The van der Waals surface area contributed by atoms with Gasteiger partial charge >= 0.3 is 0 Å². The molecule has 0 atom stereocenters. The maximum atomic E-state index is 13.9. The molecule has 2 heterocycles. The Kier molecular flexibility index (Phi) is 5.27. The average molecular weight is 414 g/mol. The van der Waals surface area contributed by atoms with E-state index in [0.29, 0.717) is 10.2 Å². The zero-order valence-corrected chi connectivity index (χ0v) is 15.9. The van der Waals surface area contributed by atoms with Crippen molar-refractivity contribution in [2.75, 3.05) is 11.1 Å². The first-order chi connectivity index (χ1) is 13.6. The van der Waals surface area contributed by atoms with Crippen LogP contribution in [0.4, 0.5) is 13.9 Å². The fourth-order valence-electron chi connectivity index (χ4n) is 2.53. The van der Waals surface area contributed by atoms with Gasteiger partial charge in [0.15, 0.2) is 5.13 Å².